The zero-order valence-electron chi connectivity index (χ0n) is 17.5. The van der Waals surface area contributed by atoms with Crippen LogP contribution in [0.25, 0.3) is 0 Å². The summed E-state index contributed by atoms with van der Waals surface area (Å²) in [7, 11) is 5.77. The molecule has 156 valence electrons. The van der Waals surface area contributed by atoms with Gasteiger partial charge in [0.05, 0.1) is 12.2 Å². The minimum Gasteiger partial charge on any atom is -0.363 e. The van der Waals surface area contributed by atoms with E-state index in [-0.39, 0.29) is 5.82 Å². The van der Waals surface area contributed by atoms with Crippen LogP contribution >= 0.6 is 0 Å². The van der Waals surface area contributed by atoms with E-state index in [9.17, 15) is 4.39 Å². The number of halogens is 1. The van der Waals surface area contributed by atoms with E-state index in [1.807, 2.05) is 49.3 Å². The quantitative estimate of drug-likeness (QED) is 0.579. The number of hydrogen-bond donors (Lipinski definition) is 2. The molecule has 1 aliphatic rings. The lowest BCUT2D eigenvalue weighted by molar-refractivity contribution is 0.198. The maximum atomic E-state index is 13.1. The summed E-state index contributed by atoms with van der Waals surface area (Å²) in [5.74, 6) is 1.57. The van der Waals surface area contributed by atoms with Crippen molar-refractivity contribution in [3.8, 4) is 0 Å². The van der Waals surface area contributed by atoms with Gasteiger partial charge in [-0.2, -0.15) is 0 Å². The molecule has 7 heteroatoms. The predicted octanol–water partition coefficient (Wildman–Crippen LogP) is 2.62. The van der Waals surface area contributed by atoms with Crippen molar-refractivity contribution in [2.24, 2.45) is 4.99 Å². The van der Waals surface area contributed by atoms with E-state index in [4.69, 9.17) is 0 Å². The van der Waals surface area contributed by atoms with Crippen LogP contribution in [0.1, 0.15) is 24.1 Å². The number of hydrogen-bond acceptors (Lipinski definition) is 4. The molecule has 3 rings (SSSR count). The Morgan fingerprint density at radius 2 is 1.90 bits per heavy atom. The predicted molar refractivity (Wildman–Crippen MR) is 117 cm³/mol. The Labute approximate surface area is 172 Å². The van der Waals surface area contributed by atoms with Crippen molar-refractivity contribution in [2.45, 2.75) is 32.0 Å². The van der Waals surface area contributed by atoms with Crippen molar-refractivity contribution >= 4 is 11.8 Å². The van der Waals surface area contributed by atoms with Crippen LogP contribution in [0.3, 0.4) is 0 Å². The van der Waals surface area contributed by atoms with Gasteiger partial charge in [-0.15, -0.1) is 0 Å². The van der Waals surface area contributed by atoms with Gasteiger partial charge in [0.1, 0.15) is 11.6 Å². The molecule has 0 spiro atoms. The number of pyridine rings is 1. The molecular weight excluding hydrogens is 367 g/mol. The smallest absolute Gasteiger partial charge is 0.191 e. The normalized spacial score (nSPS) is 15.9. The third-order valence-electron chi connectivity index (χ3n) is 5.16. The van der Waals surface area contributed by atoms with E-state index >= 15 is 0 Å². The number of aromatic nitrogens is 1. The van der Waals surface area contributed by atoms with E-state index in [1.165, 1.54) is 12.1 Å². The summed E-state index contributed by atoms with van der Waals surface area (Å²) in [5, 5.41) is 6.89. The Balaban J connectivity index is 1.43. The first-order valence-electron chi connectivity index (χ1n) is 10.1. The lowest BCUT2D eigenvalue weighted by Gasteiger charge is -2.33. The SMILES string of the molecule is CN=C(NCc1cccc(N(C)C)n1)NC1CCN(Cc2ccc(F)cc2)CC1. The van der Waals surface area contributed by atoms with Gasteiger partial charge in [-0.1, -0.05) is 18.2 Å². The summed E-state index contributed by atoms with van der Waals surface area (Å²) >= 11 is 0. The minimum absolute atomic E-state index is 0.181. The molecule has 2 aromatic rings. The van der Waals surface area contributed by atoms with Gasteiger partial charge in [0.25, 0.3) is 0 Å². The van der Waals surface area contributed by atoms with Crippen LogP contribution < -0.4 is 15.5 Å². The van der Waals surface area contributed by atoms with Crippen molar-refractivity contribution in [2.75, 3.05) is 39.1 Å². The molecule has 29 heavy (non-hydrogen) atoms. The third-order valence-corrected chi connectivity index (χ3v) is 5.16. The number of piperidine rings is 1. The van der Waals surface area contributed by atoms with Crippen LogP contribution in [0, 0.1) is 5.82 Å². The van der Waals surface area contributed by atoms with Crippen LogP contribution in [0.15, 0.2) is 47.5 Å². The van der Waals surface area contributed by atoms with Crippen LogP contribution in [0.5, 0.6) is 0 Å². The molecule has 0 bridgehead atoms. The third kappa shape index (κ3) is 6.42. The van der Waals surface area contributed by atoms with E-state index < -0.39 is 0 Å². The van der Waals surface area contributed by atoms with Gasteiger partial charge in [0.15, 0.2) is 5.96 Å². The minimum atomic E-state index is -0.181. The second kappa shape index (κ2) is 10.2. The number of anilines is 1. The average Bonchev–Trinajstić information content (AvgIpc) is 2.74. The highest BCUT2D eigenvalue weighted by atomic mass is 19.1. The highest BCUT2D eigenvalue weighted by molar-refractivity contribution is 5.79. The molecule has 0 amide bonds. The molecule has 0 atom stereocenters. The van der Waals surface area contributed by atoms with Crippen LogP contribution in [-0.4, -0.2) is 56.1 Å². The first kappa shape index (κ1) is 21.0. The number of aliphatic imine (C=N–C) groups is 1. The van der Waals surface area contributed by atoms with E-state index in [2.05, 4.69) is 25.5 Å². The number of rotatable bonds is 6. The van der Waals surface area contributed by atoms with E-state index in [1.54, 1.807) is 7.05 Å². The molecule has 2 N–H and O–H groups in total. The Bertz CT molecular complexity index is 797. The topological polar surface area (TPSA) is 55.8 Å². The fourth-order valence-electron chi connectivity index (χ4n) is 3.46. The largest absolute Gasteiger partial charge is 0.363 e. The maximum Gasteiger partial charge on any atom is 0.191 e. The summed E-state index contributed by atoms with van der Waals surface area (Å²) in [6.07, 6.45) is 2.10. The molecule has 1 fully saturated rings. The van der Waals surface area contributed by atoms with Gasteiger partial charge in [0, 0.05) is 46.8 Å². The molecule has 2 heterocycles. The Kier molecular flexibility index (Phi) is 7.41. The molecule has 0 radical (unpaired) electrons. The number of likely N-dealkylation sites (tertiary alicyclic amines) is 1. The Morgan fingerprint density at radius 1 is 1.17 bits per heavy atom. The number of benzene rings is 1. The van der Waals surface area contributed by atoms with Gasteiger partial charge in [0.2, 0.25) is 0 Å². The fourth-order valence-corrected chi connectivity index (χ4v) is 3.46. The molecule has 1 aromatic heterocycles. The zero-order valence-corrected chi connectivity index (χ0v) is 17.5. The second-order valence-corrected chi connectivity index (χ2v) is 7.63. The van der Waals surface area contributed by atoms with E-state index in [0.717, 1.165) is 55.5 Å². The molecule has 1 aromatic carbocycles. The highest BCUT2D eigenvalue weighted by Gasteiger charge is 2.20. The Hall–Kier alpha value is -2.67. The van der Waals surface area contributed by atoms with Crippen molar-refractivity contribution in [1.29, 1.82) is 0 Å². The molecular formula is C22H31FN6. The van der Waals surface area contributed by atoms with Crippen LogP contribution in [0.2, 0.25) is 0 Å². The van der Waals surface area contributed by atoms with Crippen molar-refractivity contribution < 1.29 is 4.39 Å². The fraction of sp³-hybridized carbons (Fsp3) is 0.455. The van der Waals surface area contributed by atoms with Crippen LogP contribution in [-0.2, 0) is 13.1 Å². The summed E-state index contributed by atoms with van der Waals surface area (Å²) < 4.78 is 13.1. The first-order chi connectivity index (χ1) is 14.0. The lowest BCUT2D eigenvalue weighted by atomic mass is 10.0. The number of nitrogens with zero attached hydrogens (tertiary/aromatic N) is 4. The van der Waals surface area contributed by atoms with Crippen molar-refractivity contribution in [1.82, 2.24) is 20.5 Å². The summed E-state index contributed by atoms with van der Waals surface area (Å²) in [6, 6.07) is 13.2. The van der Waals surface area contributed by atoms with E-state index in [0.29, 0.717) is 12.6 Å². The van der Waals surface area contributed by atoms with Crippen molar-refractivity contribution in [3.63, 3.8) is 0 Å². The number of nitrogens with one attached hydrogen (secondary N) is 2. The summed E-state index contributed by atoms with van der Waals surface area (Å²) in [6.45, 7) is 3.52. The molecule has 0 unspecified atom stereocenters. The molecule has 1 aliphatic heterocycles. The molecule has 0 aliphatic carbocycles. The highest BCUT2D eigenvalue weighted by Crippen LogP contribution is 2.14. The molecule has 6 nitrogen and oxygen atoms in total. The van der Waals surface area contributed by atoms with Gasteiger partial charge in [-0.25, -0.2) is 9.37 Å². The average molecular weight is 399 g/mol. The second-order valence-electron chi connectivity index (χ2n) is 7.63. The van der Waals surface area contributed by atoms with Gasteiger partial charge in [-0.05, 0) is 42.7 Å². The first-order valence-corrected chi connectivity index (χ1v) is 10.1. The van der Waals surface area contributed by atoms with Crippen molar-refractivity contribution in [3.05, 3.63) is 59.5 Å². The molecule has 1 saturated heterocycles. The van der Waals surface area contributed by atoms with Gasteiger partial charge < -0.3 is 15.5 Å². The maximum absolute atomic E-state index is 13.1. The van der Waals surface area contributed by atoms with Gasteiger partial charge >= 0.3 is 0 Å². The zero-order chi connectivity index (χ0) is 20.6. The van der Waals surface area contributed by atoms with Gasteiger partial charge in [-0.3, -0.25) is 9.89 Å². The standard InChI is InChI=1S/C22H31FN6/c1-24-22(25-15-20-5-4-6-21(26-20)28(2)3)27-19-11-13-29(14-12-19)16-17-7-9-18(23)10-8-17/h4-10,19H,11-16H2,1-3H3,(H2,24,25,27). The summed E-state index contributed by atoms with van der Waals surface area (Å²) in [4.78, 5) is 13.4. The summed E-state index contributed by atoms with van der Waals surface area (Å²) in [5.41, 5.74) is 2.14. The molecule has 0 saturated carbocycles. The lowest BCUT2D eigenvalue weighted by Crippen LogP contribution is -2.48. The van der Waals surface area contributed by atoms with Crippen LogP contribution in [0.4, 0.5) is 10.2 Å². The monoisotopic (exact) mass is 398 g/mol. The Morgan fingerprint density at radius 3 is 2.55 bits per heavy atom. The number of guanidine groups is 1.